The Balaban J connectivity index is 1.53. The number of Topliss-reactive ketones (excluding diaryl/α,β-unsaturated/α-hetero) is 1. The summed E-state index contributed by atoms with van der Waals surface area (Å²) in [5.74, 6) is -1.77. The van der Waals surface area contributed by atoms with Gasteiger partial charge in [-0.3, -0.25) is 9.69 Å². The summed E-state index contributed by atoms with van der Waals surface area (Å²) in [5, 5.41) is 0. The molecule has 0 aromatic heterocycles. The monoisotopic (exact) mass is 479 g/mol. The van der Waals surface area contributed by atoms with Gasteiger partial charge in [-0.05, 0) is 51.1 Å². The molecule has 4 aliphatic rings. The van der Waals surface area contributed by atoms with E-state index < -0.39 is 23.9 Å². The van der Waals surface area contributed by atoms with Crippen molar-refractivity contribution < 1.29 is 32.2 Å². The van der Waals surface area contributed by atoms with Crippen molar-refractivity contribution in [3.8, 4) is 0 Å². The Morgan fingerprint density at radius 3 is 2.53 bits per heavy atom. The molecule has 8 heteroatoms. The molecule has 2 saturated heterocycles. The summed E-state index contributed by atoms with van der Waals surface area (Å²) in [7, 11) is 0.889. The average Bonchev–Trinajstić information content (AvgIpc) is 3.02. The zero-order valence-corrected chi connectivity index (χ0v) is 19.6. The van der Waals surface area contributed by atoms with E-state index in [0.29, 0.717) is 0 Å². The largest absolute Gasteiger partial charge is 0.459 e. The maximum Gasteiger partial charge on any atom is 0.432 e. The normalized spacial score (nSPS) is 39.0. The number of hydrogen-bond donors (Lipinski definition) is 0. The number of ketones is 1. The Hall–Kier alpha value is -1.93. The summed E-state index contributed by atoms with van der Waals surface area (Å²) >= 11 is 0. The minimum absolute atomic E-state index is 0.0922. The van der Waals surface area contributed by atoms with Crippen LogP contribution in [0.15, 0.2) is 30.3 Å². The number of esters is 1. The molecular weight excluding hydrogens is 447 g/mol. The van der Waals surface area contributed by atoms with E-state index in [0.717, 1.165) is 52.3 Å². The summed E-state index contributed by atoms with van der Waals surface area (Å²) in [6.45, 7) is 3.88. The van der Waals surface area contributed by atoms with Gasteiger partial charge in [0.2, 0.25) is 0 Å². The van der Waals surface area contributed by atoms with E-state index in [9.17, 15) is 22.8 Å². The van der Waals surface area contributed by atoms with Crippen molar-refractivity contribution in [2.45, 2.75) is 69.4 Å². The summed E-state index contributed by atoms with van der Waals surface area (Å²) in [6, 6.07) is 7.15. The van der Waals surface area contributed by atoms with E-state index in [2.05, 4.69) is 4.90 Å². The number of hydrogen-bond acceptors (Lipinski definition) is 5. The fourth-order valence-corrected chi connectivity index (χ4v) is 7.86. The van der Waals surface area contributed by atoms with Crippen molar-refractivity contribution in [1.82, 2.24) is 4.90 Å². The molecule has 2 bridgehead atoms. The van der Waals surface area contributed by atoms with E-state index in [-0.39, 0.29) is 47.0 Å². The number of halogens is 3. The van der Waals surface area contributed by atoms with E-state index >= 15 is 0 Å². The molecule has 1 aromatic rings. The van der Waals surface area contributed by atoms with Gasteiger partial charge < -0.3 is 9.47 Å². The number of methoxy groups -OCH3 is 1. The molecule has 5 rings (SSSR count). The average molecular weight is 480 g/mol. The van der Waals surface area contributed by atoms with Crippen molar-refractivity contribution in [3.05, 3.63) is 35.9 Å². The SMILES string of the molecule is CO[C@](C(=O)O[C@@H]1[C@H]2CC(=O)[C@H]3CCCN4CCC[C@@]32[C@@H]4C[C@@H]1C)(c1ccccc1)C(F)(F)F. The molecule has 8 atom stereocenters. The van der Waals surface area contributed by atoms with Gasteiger partial charge in [0.15, 0.2) is 0 Å². The standard InChI is InChI=1S/C26H32F3NO4/c1-16-14-21-24-11-7-13-30(21)12-6-10-18(24)20(31)15-19(24)22(16)34-23(32)25(33-2,26(27,28)29)17-8-4-3-5-9-17/h3-5,8-9,16,18-19,21-22H,6-7,10-15H2,1-2H3/t16-,18+,19+,21-,22-,24+,25-/m0/s1. The van der Waals surface area contributed by atoms with Crippen LogP contribution < -0.4 is 0 Å². The first-order chi connectivity index (χ1) is 16.2. The molecule has 2 saturated carbocycles. The second kappa shape index (κ2) is 8.33. The van der Waals surface area contributed by atoms with Crippen molar-refractivity contribution >= 4 is 11.8 Å². The van der Waals surface area contributed by atoms with E-state index in [1.165, 1.54) is 24.3 Å². The van der Waals surface area contributed by atoms with Crippen LogP contribution in [0.25, 0.3) is 0 Å². The lowest BCUT2D eigenvalue weighted by molar-refractivity contribution is -0.282. The molecule has 1 unspecified atom stereocenters. The predicted octanol–water partition coefficient (Wildman–Crippen LogP) is 4.49. The second-order valence-electron chi connectivity index (χ2n) is 10.6. The van der Waals surface area contributed by atoms with Crippen LogP contribution in [-0.4, -0.2) is 55.2 Å². The maximum absolute atomic E-state index is 14.5. The quantitative estimate of drug-likeness (QED) is 0.596. The highest BCUT2D eigenvalue weighted by Crippen LogP contribution is 2.63. The Kier molecular flexibility index (Phi) is 5.83. The molecule has 186 valence electrons. The molecule has 2 aliphatic heterocycles. The molecule has 0 amide bonds. The highest BCUT2D eigenvalue weighted by Gasteiger charge is 2.69. The number of nitrogens with zero attached hydrogens (tertiary/aromatic N) is 1. The summed E-state index contributed by atoms with van der Waals surface area (Å²) in [6.07, 6.45) is -1.19. The van der Waals surface area contributed by atoms with Gasteiger partial charge in [0.1, 0.15) is 11.9 Å². The Morgan fingerprint density at radius 2 is 1.85 bits per heavy atom. The number of carbonyl (C=O) groups excluding carboxylic acids is 2. The predicted molar refractivity (Wildman–Crippen MR) is 118 cm³/mol. The van der Waals surface area contributed by atoms with Crippen molar-refractivity contribution in [2.75, 3.05) is 20.2 Å². The summed E-state index contributed by atoms with van der Waals surface area (Å²) in [5.41, 5.74) is -3.84. The lowest BCUT2D eigenvalue weighted by Crippen LogP contribution is -2.63. The van der Waals surface area contributed by atoms with Crippen LogP contribution in [0.4, 0.5) is 13.2 Å². The third-order valence-electron chi connectivity index (χ3n) is 9.17. The Labute approximate surface area is 198 Å². The molecule has 4 fully saturated rings. The van der Waals surface area contributed by atoms with Crippen LogP contribution in [0.5, 0.6) is 0 Å². The van der Waals surface area contributed by atoms with E-state index in [4.69, 9.17) is 9.47 Å². The van der Waals surface area contributed by atoms with Crippen LogP contribution in [0.3, 0.4) is 0 Å². The third kappa shape index (κ3) is 3.20. The molecule has 5 nitrogen and oxygen atoms in total. The van der Waals surface area contributed by atoms with Crippen LogP contribution >= 0.6 is 0 Å². The van der Waals surface area contributed by atoms with Gasteiger partial charge in [-0.25, -0.2) is 4.79 Å². The van der Waals surface area contributed by atoms with Crippen molar-refractivity contribution in [2.24, 2.45) is 23.2 Å². The van der Waals surface area contributed by atoms with Gasteiger partial charge in [-0.2, -0.15) is 13.2 Å². The van der Waals surface area contributed by atoms with Gasteiger partial charge in [0.05, 0.1) is 0 Å². The zero-order valence-electron chi connectivity index (χ0n) is 19.6. The number of benzene rings is 1. The molecule has 34 heavy (non-hydrogen) atoms. The van der Waals surface area contributed by atoms with Crippen molar-refractivity contribution in [1.29, 1.82) is 0 Å². The molecule has 0 radical (unpaired) electrons. The molecule has 0 N–H and O–H groups in total. The van der Waals surface area contributed by atoms with Gasteiger partial charge in [0.25, 0.3) is 5.60 Å². The fraction of sp³-hybridized carbons (Fsp3) is 0.692. The van der Waals surface area contributed by atoms with E-state index in [1.807, 2.05) is 6.92 Å². The molecule has 2 aliphatic carbocycles. The first-order valence-corrected chi connectivity index (χ1v) is 12.3. The van der Waals surface area contributed by atoms with E-state index in [1.54, 1.807) is 6.07 Å². The number of ether oxygens (including phenoxy) is 2. The molecule has 1 aromatic carbocycles. The Morgan fingerprint density at radius 1 is 1.15 bits per heavy atom. The number of rotatable bonds is 4. The van der Waals surface area contributed by atoms with Crippen molar-refractivity contribution in [3.63, 3.8) is 0 Å². The lowest BCUT2D eigenvalue weighted by Gasteiger charge is -2.58. The number of alkyl halides is 3. The lowest BCUT2D eigenvalue weighted by atomic mass is 9.54. The smallest absolute Gasteiger partial charge is 0.432 e. The summed E-state index contributed by atoms with van der Waals surface area (Å²) < 4.78 is 54.1. The van der Waals surface area contributed by atoms with Crippen LogP contribution in [-0.2, 0) is 24.7 Å². The number of piperidine rings is 1. The first kappa shape index (κ1) is 23.8. The van der Waals surface area contributed by atoms with Gasteiger partial charge in [-0.1, -0.05) is 37.3 Å². The minimum Gasteiger partial charge on any atom is -0.459 e. The second-order valence-corrected chi connectivity index (χ2v) is 10.6. The summed E-state index contributed by atoms with van der Waals surface area (Å²) in [4.78, 5) is 29.1. The van der Waals surface area contributed by atoms with Gasteiger partial charge in [0, 0.05) is 42.4 Å². The fourth-order valence-electron chi connectivity index (χ4n) is 7.86. The van der Waals surface area contributed by atoms with Crippen LogP contribution in [0.1, 0.15) is 51.0 Å². The Bertz CT molecular complexity index is 953. The van der Waals surface area contributed by atoms with Gasteiger partial charge in [-0.15, -0.1) is 0 Å². The highest BCUT2D eigenvalue weighted by atomic mass is 19.4. The zero-order chi connectivity index (χ0) is 24.3. The van der Waals surface area contributed by atoms with Crippen LogP contribution in [0, 0.1) is 23.2 Å². The highest BCUT2D eigenvalue weighted by molar-refractivity contribution is 5.86. The molecule has 1 spiro atoms. The van der Waals surface area contributed by atoms with Crippen LogP contribution in [0.2, 0.25) is 0 Å². The van der Waals surface area contributed by atoms with Gasteiger partial charge >= 0.3 is 12.1 Å². The third-order valence-corrected chi connectivity index (χ3v) is 9.17. The maximum atomic E-state index is 14.5. The first-order valence-electron chi connectivity index (χ1n) is 12.3. The topological polar surface area (TPSA) is 55.8 Å². The minimum atomic E-state index is -5.02. The number of carbonyl (C=O) groups is 2. The molecule has 2 heterocycles. The molecular formula is C26H32F3NO4.